The number of anilines is 1. The van der Waals surface area contributed by atoms with E-state index in [0.717, 1.165) is 31.7 Å². The summed E-state index contributed by atoms with van der Waals surface area (Å²) in [6.07, 6.45) is 0. The first-order valence-corrected chi connectivity index (χ1v) is 7.71. The maximum Gasteiger partial charge on any atom is 0.251 e. The number of amides is 1. The first kappa shape index (κ1) is 14.6. The topological polar surface area (TPSA) is 44.4 Å². The Labute approximate surface area is 131 Å². The van der Waals surface area contributed by atoms with Gasteiger partial charge in [-0.05, 0) is 23.8 Å². The van der Waals surface area contributed by atoms with Crippen LogP contribution < -0.4 is 15.5 Å². The summed E-state index contributed by atoms with van der Waals surface area (Å²) in [6, 6.07) is 17.6. The molecule has 4 heteroatoms. The Kier molecular flexibility index (Phi) is 4.71. The molecule has 114 valence electrons. The van der Waals surface area contributed by atoms with Gasteiger partial charge < -0.3 is 15.5 Å². The Bertz CT molecular complexity index is 621. The van der Waals surface area contributed by atoms with Crippen LogP contribution in [0.2, 0.25) is 0 Å². The van der Waals surface area contributed by atoms with E-state index < -0.39 is 0 Å². The fraction of sp³-hybridized carbons (Fsp3) is 0.278. The van der Waals surface area contributed by atoms with Crippen LogP contribution in [0.25, 0.3) is 0 Å². The number of rotatable bonds is 4. The highest BCUT2D eigenvalue weighted by molar-refractivity contribution is 5.94. The van der Waals surface area contributed by atoms with Crippen LogP contribution in [0.5, 0.6) is 0 Å². The van der Waals surface area contributed by atoms with Crippen LogP contribution in [0, 0.1) is 0 Å². The fourth-order valence-electron chi connectivity index (χ4n) is 2.74. The third-order valence-electron chi connectivity index (χ3n) is 3.92. The summed E-state index contributed by atoms with van der Waals surface area (Å²) in [5, 5.41) is 6.38. The highest BCUT2D eigenvalue weighted by atomic mass is 16.1. The molecule has 0 aromatic heterocycles. The summed E-state index contributed by atoms with van der Waals surface area (Å²) >= 11 is 0. The van der Waals surface area contributed by atoms with Gasteiger partial charge in [-0.2, -0.15) is 0 Å². The van der Waals surface area contributed by atoms with Crippen LogP contribution in [-0.2, 0) is 6.54 Å². The molecule has 1 amide bonds. The summed E-state index contributed by atoms with van der Waals surface area (Å²) in [7, 11) is 0. The van der Waals surface area contributed by atoms with Gasteiger partial charge in [-0.25, -0.2) is 0 Å². The average Bonchev–Trinajstić information content (AvgIpc) is 2.61. The molecule has 0 radical (unpaired) electrons. The summed E-state index contributed by atoms with van der Waals surface area (Å²) in [5.74, 6) is -0.0317. The molecule has 0 aliphatic carbocycles. The van der Waals surface area contributed by atoms with Crippen LogP contribution in [-0.4, -0.2) is 32.1 Å². The lowest BCUT2D eigenvalue weighted by Crippen LogP contribution is -2.44. The lowest BCUT2D eigenvalue weighted by molar-refractivity contribution is 0.0951. The SMILES string of the molecule is O=C(NCc1ccccc1N1CCNCC1)c1ccccc1. The van der Waals surface area contributed by atoms with Gasteiger partial charge in [-0.1, -0.05) is 36.4 Å². The first-order valence-electron chi connectivity index (χ1n) is 7.71. The molecular formula is C18H21N3O. The largest absolute Gasteiger partial charge is 0.369 e. The Morgan fingerprint density at radius 3 is 2.45 bits per heavy atom. The van der Waals surface area contributed by atoms with Crippen molar-refractivity contribution >= 4 is 11.6 Å². The van der Waals surface area contributed by atoms with Crippen LogP contribution in [0.4, 0.5) is 5.69 Å². The van der Waals surface area contributed by atoms with E-state index in [1.807, 2.05) is 36.4 Å². The van der Waals surface area contributed by atoms with Gasteiger partial charge in [0.25, 0.3) is 5.91 Å². The number of carbonyl (C=O) groups is 1. The van der Waals surface area contributed by atoms with Gasteiger partial charge in [0.1, 0.15) is 0 Å². The summed E-state index contributed by atoms with van der Waals surface area (Å²) < 4.78 is 0. The zero-order chi connectivity index (χ0) is 15.2. The normalized spacial score (nSPS) is 14.6. The average molecular weight is 295 g/mol. The van der Waals surface area contributed by atoms with Crippen LogP contribution in [0.1, 0.15) is 15.9 Å². The minimum atomic E-state index is -0.0317. The second kappa shape index (κ2) is 7.09. The van der Waals surface area contributed by atoms with Crippen molar-refractivity contribution in [3.63, 3.8) is 0 Å². The second-order valence-electron chi connectivity index (χ2n) is 5.41. The molecule has 0 unspecified atom stereocenters. The van der Waals surface area contributed by atoms with Crippen molar-refractivity contribution < 1.29 is 4.79 Å². The number of hydrogen-bond donors (Lipinski definition) is 2. The number of para-hydroxylation sites is 1. The van der Waals surface area contributed by atoms with Gasteiger partial charge in [0.2, 0.25) is 0 Å². The Morgan fingerprint density at radius 2 is 1.68 bits per heavy atom. The predicted molar refractivity (Wildman–Crippen MR) is 89.1 cm³/mol. The lowest BCUT2D eigenvalue weighted by Gasteiger charge is -2.31. The van der Waals surface area contributed by atoms with Crippen molar-refractivity contribution in [1.29, 1.82) is 0 Å². The predicted octanol–water partition coefficient (Wildman–Crippen LogP) is 2.03. The minimum absolute atomic E-state index is 0.0317. The van der Waals surface area contributed by atoms with E-state index in [1.165, 1.54) is 5.69 Å². The van der Waals surface area contributed by atoms with Crippen LogP contribution in [0.3, 0.4) is 0 Å². The van der Waals surface area contributed by atoms with Crippen LogP contribution >= 0.6 is 0 Å². The van der Waals surface area contributed by atoms with E-state index in [4.69, 9.17) is 0 Å². The second-order valence-corrected chi connectivity index (χ2v) is 5.41. The van der Waals surface area contributed by atoms with Crippen molar-refractivity contribution in [3.05, 3.63) is 65.7 Å². The molecule has 1 saturated heterocycles. The molecule has 0 bridgehead atoms. The van der Waals surface area contributed by atoms with E-state index in [0.29, 0.717) is 12.1 Å². The molecule has 0 atom stereocenters. The number of nitrogens with one attached hydrogen (secondary N) is 2. The monoisotopic (exact) mass is 295 g/mol. The number of carbonyl (C=O) groups excluding carboxylic acids is 1. The van der Waals surface area contributed by atoms with Gasteiger partial charge >= 0.3 is 0 Å². The number of benzene rings is 2. The van der Waals surface area contributed by atoms with E-state index in [2.05, 4.69) is 33.7 Å². The highest BCUT2D eigenvalue weighted by Gasteiger charge is 2.14. The third-order valence-corrected chi connectivity index (χ3v) is 3.92. The number of hydrogen-bond acceptors (Lipinski definition) is 3. The Balaban J connectivity index is 1.69. The Morgan fingerprint density at radius 1 is 1.00 bits per heavy atom. The van der Waals surface area contributed by atoms with E-state index in [-0.39, 0.29) is 5.91 Å². The molecule has 1 aliphatic heterocycles. The van der Waals surface area contributed by atoms with Crippen molar-refractivity contribution in [2.45, 2.75) is 6.54 Å². The zero-order valence-corrected chi connectivity index (χ0v) is 12.6. The molecule has 1 heterocycles. The summed E-state index contributed by atoms with van der Waals surface area (Å²) in [6.45, 7) is 4.57. The van der Waals surface area contributed by atoms with Gasteiger partial charge in [-0.15, -0.1) is 0 Å². The molecule has 3 rings (SSSR count). The van der Waals surface area contributed by atoms with Gasteiger partial charge in [0.05, 0.1) is 0 Å². The maximum absolute atomic E-state index is 12.2. The molecule has 2 aromatic rings. The smallest absolute Gasteiger partial charge is 0.251 e. The van der Waals surface area contributed by atoms with E-state index in [9.17, 15) is 4.79 Å². The van der Waals surface area contributed by atoms with Crippen molar-refractivity contribution in [1.82, 2.24) is 10.6 Å². The minimum Gasteiger partial charge on any atom is -0.369 e. The van der Waals surface area contributed by atoms with Gasteiger partial charge in [-0.3, -0.25) is 4.79 Å². The molecule has 22 heavy (non-hydrogen) atoms. The van der Waals surface area contributed by atoms with Gasteiger partial charge in [0.15, 0.2) is 0 Å². The first-order chi connectivity index (χ1) is 10.8. The van der Waals surface area contributed by atoms with Crippen molar-refractivity contribution in [3.8, 4) is 0 Å². The molecular weight excluding hydrogens is 274 g/mol. The molecule has 1 fully saturated rings. The summed E-state index contributed by atoms with van der Waals surface area (Å²) in [5.41, 5.74) is 3.08. The van der Waals surface area contributed by atoms with E-state index >= 15 is 0 Å². The lowest BCUT2D eigenvalue weighted by atomic mass is 10.1. The highest BCUT2D eigenvalue weighted by Crippen LogP contribution is 2.20. The molecule has 0 saturated carbocycles. The van der Waals surface area contributed by atoms with Crippen LogP contribution in [0.15, 0.2) is 54.6 Å². The van der Waals surface area contributed by atoms with E-state index in [1.54, 1.807) is 0 Å². The van der Waals surface area contributed by atoms with Crippen molar-refractivity contribution in [2.24, 2.45) is 0 Å². The molecule has 0 spiro atoms. The molecule has 2 N–H and O–H groups in total. The Hall–Kier alpha value is -2.33. The number of piperazine rings is 1. The van der Waals surface area contributed by atoms with Gasteiger partial charge in [0, 0.05) is 44.0 Å². The molecule has 2 aromatic carbocycles. The molecule has 1 aliphatic rings. The zero-order valence-electron chi connectivity index (χ0n) is 12.6. The number of nitrogens with zero attached hydrogens (tertiary/aromatic N) is 1. The fourth-order valence-corrected chi connectivity index (χ4v) is 2.74. The maximum atomic E-state index is 12.2. The van der Waals surface area contributed by atoms with Crippen molar-refractivity contribution in [2.75, 3.05) is 31.1 Å². The quantitative estimate of drug-likeness (QED) is 0.907. The standard InChI is InChI=1S/C18H21N3O/c22-18(15-6-2-1-3-7-15)20-14-16-8-4-5-9-17(16)21-12-10-19-11-13-21/h1-9,19H,10-14H2,(H,20,22). The molecule has 4 nitrogen and oxygen atoms in total. The summed E-state index contributed by atoms with van der Waals surface area (Å²) in [4.78, 5) is 14.5. The third kappa shape index (κ3) is 3.46.